The number of rotatable bonds is 13. The van der Waals surface area contributed by atoms with Crippen LogP contribution in [0.25, 0.3) is 0 Å². The van der Waals surface area contributed by atoms with Gasteiger partial charge in [-0.05, 0) is 80.4 Å². The molecule has 2 aliphatic heterocycles. The lowest BCUT2D eigenvalue weighted by molar-refractivity contribution is -0.143. The van der Waals surface area contributed by atoms with Crippen molar-refractivity contribution in [3.8, 4) is 5.75 Å². The maximum Gasteiger partial charge on any atom is 0.408 e. The Morgan fingerprint density at radius 2 is 1.72 bits per heavy atom. The first kappa shape index (κ1) is 40.3. The van der Waals surface area contributed by atoms with Crippen LogP contribution in [0.5, 0.6) is 5.75 Å². The molecular formula is C42H53N5O9S. The predicted molar refractivity (Wildman–Crippen MR) is 211 cm³/mol. The van der Waals surface area contributed by atoms with E-state index >= 15 is 0 Å². The van der Waals surface area contributed by atoms with Gasteiger partial charge in [0.15, 0.2) is 0 Å². The van der Waals surface area contributed by atoms with E-state index in [0.29, 0.717) is 37.1 Å². The highest BCUT2D eigenvalue weighted by Gasteiger charge is 2.62. The van der Waals surface area contributed by atoms with Crippen molar-refractivity contribution in [2.45, 2.75) is 126 Å². The number of oxime groups is 1. The normalized spacial score (nSPS) is 27.1. The number of nitrogens with one attached hydrogen (secondary N) is 3. The van der Waals surface area contributed by atoms with E-state index in [1.165, 1.54) is 4.90 Å². The number of hydrogen-bond acceptors (Lipinski definition) is 10. The minimum absolute atomic E-state index is 0.0161. The number of para-hydroxylation sites is 1. The number of fused-ring (bicyclic) bond motifs is 1. The SMILES string of the molecule is C=CC[C@@H]1C[C@]1(NC(=O)[C@@H]1C[C@@H](O/N=C2\CC(c3ccccc3)Oc3ccccc32)CN1C(=O)[C@@H](NC(=O)OC1CCCC1)C(C)(C)C)C(=O)NS(=O)(=O)C1CC1. The molecule has 306 valence electrons. The molecule has 14 nitrogen and oxygen atoms in total. The summed E-state index contributed by atoms with van der Waals surface area (Å²) in [6, 6.07) is 15.1. The van der Waals surface area contributed by atoms with Gasteiger partial charge >= 0.3 is 6.09 Å². The highest BCUT2D eigenvalue weighted by Crippen LogP contribution is 2.47. The van der Waals surface area contributed by atoms with Crippen molar-refractivity contribution in [2.24, 2.45) is 16.5 Å². The molecule has 2 heterocycles. The minimum Gasteiger partial charge on any atom is -0.485 e. The number of nitrogens with zero attached hydrogens (tertiary/aromatic N) is 2. The van der Waals surface area contributed by atoms with E-state index in [1.807, 2.05) is 75.4 Å². The molecule has 7 rings (SSSR count). The summed E-state index contributed by atoms with van der Waals surface area (Å²) in [4.78, 5) is 63.5. The van der Waals surface area contributed by atoms with Crippen molar-refractivity contribution >= 4 is 39.5 Å². The van der Waals surface area contributed by atoms with Crippen LogP contribution in [0.2, 0.25) is 0 Å². The maximum atomic E-state index is 14.6. The lowest BCUT2D eigenvalue weighted by Crippen LogP contribution is -2.60. The molecule has 0 spiro atoms. The standard InChI is InChI=1S/C42H53N5O9S/c1-5-13-27-24-42(27,39(50)46-57(52,53)30-20-21-30)44-37(48)33-22-29(25-47(33)38(49)36(41(2,3)4)43-40(51)54-28-16-9-10-17-28)56-45-32-23-35(26-14-7-6-8-15-26)55-34-19-12-11-18-31(32)34/h5-8,11-12,14-15,18-19,27-30,33,35-36H,1,9-10,13,16-17,20-25H2,2-4H3,(H,43,51)(H,44,48)(H,46,50)/b45-32+/t27-,29-,33+,35?,36-,42-/m1/s1. The number of amides is 4. The van der Waals surface area contributed by atoms with Gasteiger partial charge in [0, 0.05) is 18.4 Å². The number of carbonyl (C=O) groups is 4. The van der Waals surface area contributed by atoms with Gasteiger partial charge in [-0.3, -0.25) is 19.1 Å². The van der Waals surface area contributed by atoms with E-state index in [2.05, 4.69) is 27.1 Å². The van der Waals surface area contributed by atoms with Crippen molar-refractivity contribution in [1.29, 1.82) is 0 Å². The summed E-state index contributed by atoms with van der Waals surface area (Å²) in [7, 11) is -3.90. The summed E-state index contributed by atoms with van der Waals surface area (Å²) in [6.07, 6.45) is 4.95. The van der Waals surface area contributed by atoms with Gasteiger partial charge in [0.05, 0.1) is 17.5 Å². The lowest BCUT2D eigenvalue weighted by Gasteiger charge is -2.35. The zero-order valence-electron chi connectivity index (χ0n) is 32.8. The lowest BCUT2D eigenvalue weighted by atomic mass is 9.85. The first-order chi connectivity index (χ1) is 27.2. The van der Waals surface area contributed by atoms with Crippen molar-refractivity contribution < 1.29 is 41.9 Å². The van der Waals surface area contributed by atoms with Gasteiger partial charge in [-0.25, -0.2) is 13.2 Å². The Morgan fingerprint density at radius 3 is 2.40 bits per heavy atom. The third-order valence-corrected chi connectivity index (χ3v) is 13.5. The molecule has 1 saturated heterocycles. The molecule has 2 aromatic rings. The van der Waals surface area contributed by atoms with Gasteiger partial charge in [-0.15, -0.1) is 6.58 Å². The van der Waals surface area contributed by atoms with E-state index < -0.39 is 74.1 Å². The Balaban J connectivity index is 1.15. The summed E-state index contributed by atoms with van der Waals surface area (Å²) >= 11 is 0. The van der Waals surface area contributed by atoms with Gasteiger partial charge in [0.1, 0.15) is 41.7 Å². The van der Waals surface area contributed by atoms with E-state index in [4.69, 9.17) is 14.3 Å². The molecule has 0 bridgehead atoms. The fourth-order valence-electron chi connectivity index (χ4n) is 8.14. The monoisotopic (exact) mass is 803 g/mol. The van der Waals surface area contributed by atoms with Crippen LogP contribution in [-0.2, 0) is 34.0 Å². The quantitative estimate of drug-likeness (QED) is 0.185. The van der Waals surface area contributed by atoms with Crippen molar-refractivity contribution in [2.75, 3.05) is 6.54 Å². The Kier molecular flexibility index (Phi) is 11.4. The molecule has 4 fully saturated rings. The third-order valence-electron chi connectivity index (χ3n) is 11.6. The number of alkyl carbamates (subject to hydrolysis) is 1. The topological polar surface area (TPSA) is 182 Å². The number of likely N-dealkylation sites (tertiary alicyclic amines) is 1. The van der Waals surface area contributed by atoms with E-state index in [1.54, 1.807) is 6.08 Å². The number of sulfonamides is 1. The number of ether oxygens (including phenoxy) is 2. The molecule has 57 heavy (non-hydrogen) atoms. The summed E-state index contributed by atoms with van der Waals surface area (Å²) in [6.45, 7) is 9.16. The average Bonchev–Trinajstić information content (AvgIpc) is 4.05. The molecule has 4 amide bonds. The molecule has 3 aliphatic carbocycles. The van der Waals surface area contributed by atoms with Crippen LogP contribution in [0.4, 0.5) is 4.79 Å². The van der Waals surface area contributed by atoms with Crippen LogP contribution < -0.4 is 20.1 Å². The number of benzene rings is 2. The minimum atomic E-state index is -3.90. The Labute approximate surface area is 334 Å². The van der Waals surface area contributed by atoms with Gasteiger partial charge in [-0.2, -0.15) is 0 Å². The predicted octanol–water partition coefficient (Wildman–Crippen LogP) is 5.04. The molecule has 3 saturated carbocycles. The van der Waals surface area contributed by atoms with Crippen LogP contribution in [-0.4, -0.2) is 84.5 Å². The van der Waals surface area contributed by atoms with Crippen molar-refractivity contribution in [1.82, 2.24) is 20.3 Å². The zero-order valence-corrected chi connectivity index (χ0v) is 33.6. The molecule has 0 aromatic heterocycles. The molecule has 6 atom stereocenters. The van der Waals surface area contributed by atoms with Crippen LogP contribution in [0.15, 0.2) is 72.4 Å². The van der Waals surface area contributed by atoms with E-state index in [0.717, 1.165) is 36.8 Å². The van der Waals surface area contributed by atoms with Crippen LogP contribution in [0.1, 0.15) is 102 Å². The Hall–Kier alpha value is -4.92. The van der Waals surface area contributed by atoms with Crippen molar-refractivity contribution in [3.05, 3.63) is 78.4 Å². The molecule has 15 heteroatoms. The molecule has 5 aliphatic rings. The largest absolute Gasteiger partial charge is 0.485 e. The molecule has 1 unspecified atom stereocenters. The fourth-order valence-corrected chi connectivity index (χ4v) is 9.51. The fraction of sp³-hybridized carbons (Fsp3) is 0.548. The smallest absolute Gasteiger partial charge is 0.408 e. The van der Waals surface area contributed by atoms with Gasteiger partial charge in [0.2, 0.25) is 21.8 Å². The summed E-state index contributed by atoms with van der Waals surface area (Å²) in [5.41, 5.74) is 0.0658. The number of hydrogen-bond donors (Lipinski definition) is 3. The van der Waals surface area contributed by atoms with E-state index in [9.17, 15) is 27.6 Å². The molecular weight excluding hydrogens is 751 g/mol. The first-order valence-electron chi connectivity index (χ1n) is 20.0. The maximum absolute atomic E-state index is 14.6. The third kappa shape index (κ3) is 8.98. The summed E-state index contributed by atoms with van der Waals surface area (Å²) in [5, 5.41) is 9.63. The highest BCUT2D eigenvalue weighted by molar-refractivity contribution is 7.91. The Bertz CT molecular complexity index is 2010. The van der Waals surface area contributed by atoms with Crippen LogP contribution >= 0.6 is 0 Å². The highest BCUT2D eigenvalue weighted by atomic mass is 32.2. The van der Waals surface area contributed by atoms with E-state index in [-0.39, 0.29) is 31.6 Å². The zero-order chi connectivity index (χ0) is 40.5. The van der Waals surface area contributed by atoms with Crippen molar-refractivity contribution in [3.63, 3.8) is 0 Å². The Morgan fingerprint density at radius 1 is 1.02 bits per heavy atom. The second-order valence-electron chi connectivity index (χ2n) is 17.0. The number of allylic oxidation sites excluding steroid dienone is 1. The van der Waals surface area contributed by atoms with Crippen LogP contribution in [0, 0.1) is 11.3 Å². The second-order valence-corrected chi connectivity index (χ2v) is 19.0. The molecule has 3 N–H and O–H groups in total. The average molecular weight is 804 g/mol. The molecule has 0 radical (unpaired) electrons. The summed E-state index contributed by atoms with van der Waals surface area (Å²) < 4.78 is 39.8. The second kappa shape index (κ2) is 16.1. The van der Waals surface area contributed by atoms with Gasteiger partial charge < -0.3 is 29.8 Å². The van der Waals surface area contributed by atoms with Gasteiger partial charge in [-0.1, -0.05) is 74.5 Å². The molecule has 2 aromatic carbocycles. The van der Waals surface area contributed by atoms with Crippen LogP contribution in [0.3, 0.4) is 0 Å². The van der Waals surface area contributed by atoms with Gasteiger partial charge in [0.25, 0.3) is 5.91 Å². The number of carbonyl (C=O) groups excluding carboxylic acids is 4. The summed E-state index contributed by atoms with van der Waals surface area (Å²) in [5.74, 6) is -1.72. The first-order valence-corrected chi connectivity index (χ1v) is 21.5.